The lowest BCUT2D eigenvalue weighted by Gasteiger charge is -2.50. The lowest BCUT2D eigenvalue weighted by Crippen LogP contribution is -2.56. The molecule has 6 heteroatoms. The molecule has 0 aromatic carbocycles. The van der Waals surface area contributed by atoms with Crippen molar-refractivity contribution in [2.75, 3.05) is 13.2 Å². The summed E-state index contributed by atoms with van der Waals surface area (Å²) in [7, 11) is 1.33. The van der Waals surface area contributed by atoms with Crippen LogP contribution in [0.2, 0.25) is 0 Å². The highest BCUT2D eigenvalue weighted by Crippen LogP contribution is 2.49. The average molecular weight is 344 g/mol. The fourth-order valence-electron chi connectivity index (χ4n) is 2.37. The second-order valence-electron chi connectivity index (χ2n) is 4.41. The van der Waals surface area contributed by atoms with E-state index in [0.29, 0.717) is 26.1 Å². The molecule has 3 aliphatic rings. The number of ether oxygens (including phenoxy) is 1. The van der Waals surface area contributed by atoms with Crippen molar-refractivity contribution in [3.8, 4) is 0 Å². The van der Waals surface area contributed by atoms with Gasteiger partial charge in [0.2, 0.25) is 0 Å². The molecule has 1 aliphatic carbocycles. The van der Waals surface area contributed by atoms with Crippen molar-refractivity contribution in [1.29, 1.82) is 0 Å². The summed E-state index contributed by atoms with van der Waals surface area (Å²) >= 11 is 2.09. The molecule has 15 heavy (non-hydrogen) atoms. The van der Waals surface area contributed by atoms with Crippen molar-refractivity contribution >= 4 is 36.4 Å². The van der Waals surface area contributed by atoms with Gasteiger partial charge in [-0.15, -0.1) is 0 Å². The Bertz CT molecular complexity index is 246. The number of carboxylic acid groups (broad SMARTS) is 1. The molecule has 3 fully saturated rings. The van der Waals surface area contributed by atoms with Crippen molar-refractivity contribution in [3.63, 3.8) is 0 Å². The van der Waals surface area contributed by atoms with E-state index in [1.807, 2.05) is 0 Å². The molecule has 0 atom stereocenters. The van der Waals surface area contributed by atoms with Gasteiger partial charge in [-0.25, -0.2) is 4.79 Å². The van der Waals surface area contributed by atoms with Gasteiger partial charge >= 0.3 is 5.97 Å². The van der Waals surface area contributed by atoms with Gasteiger partial charge in [0.1, 0.15) is 0 Å². The van der Waals surface area contributed by atoms with Crippen LogP contribution in [0.5, 0.6) is 0 Å². The molecule has 1 saturated carbocycles. The van der Waals surface area contributed by atoms with Crippen LogP contribution in [0.3, 0.4) is 0 Å². The van der Waals surface area contributed by atoms with E-state index in [4.69, 9.17) is 14.0 Å². The lowest BCUT2D eigenvalue weighted by molar-refractivity contribution is -0.210. The first-order valence-electron chi connectivity index (χ1n) is 4.90. The van der Waals surface area contributed by atoms with Crippen LogP contribution in [0.25, 0.3) is 0 Å². The summed E-state index contributed by atoms with van der Waals surface area (Å²) < 4.78 is 10.9. The summed E-state index contributed by atoms with van der Waals surface area (Å²) in [5, 5.41) is 9.11. The molecule has 2 aliphatic heterocycles. The molecule has 2 saturated heterocycles. The zero-order valence-corrected chi connectivity index (χ0v) is 11.2. The summed E-state index contributed by atoms with van der Waals surface area (Å²) in [5.41, 5.74) is -0.825. The highest BCUT2D eigenvalue weighted by atomic mass is 127. The average Bonchev–Trinajstić information content (AvgIpc) is 2.29. The Labute approximate surface area is 105 Å². The van der Waals surface area contributed by atoms with Gasteiger partial charge in [-0.2, -0.15) is 0 Å². The van der Waals surface area contributed by atoms with Gasteiger partial charge in [0, 0.05) is 26.6 Å². The highest BCUT2D eigenvalue weighted by Gasteiger charge is 2.54. The van der Waals surface area contributed by atoms with Crippen molar-refractivity contribution in [3.05, 3.63) is 0 Å². The van der Waals surface area contributed by atoms with Crippen LogP contribution in [0, 0.1) is 5.41 Å². The van der Waals surface area contributed by atoms with Crippen LogP contribution < -0.4 is 0 Å². The van der Waals surface area contributed by atoms with Crippen LogP contribution in [-0.2, 0) is 13.7 Å². The molecule has 3 rings (SSSR count). The minimum absolute atomic E-state index is 0.0649. The fraction of sp³-hybridized carbons (Fsp3) is 0.889. The predicted molar refractivity (Wildman–Crippen MR) is 64.8 cm³/mol. The highest BCUT2D eigenvalue weighted by molar-refractivity contribution is 14.2. The maximum atomic E-state index is 11.1. The number of aliphatic carboxylic acids is 1. The minimum Gasteiger partial charge on any atom is -0.479 e. The molecular formula is C9H13IO4S. The Kier molecular flexibility index (Phi) is 3.49. The van der Waals surface area contributed by atoms with Crippen molar-refractivity contribution < 1.29 is 18.8 Å². The minimum atomic E-state index is -0.890. The first kappa shape index (κ1) is 11.9. The quantitative estimate of drug-likeness (QED) is 0.627. The molecule has 86 valence electrons. The number of fused-ring (bicyclic) bond motifs is 3. The van der Waals surface area contributed by atoms with E-state index in [1.165, 1.54) is 9.21 Å². The Hall–Kier alpha value is 0.470. The Balaban J connectivity index is 2.01. The van der Waals surface area contributed by atoms with Crippen molar-refractivity contribution in [1.82, 2.24) is 0 Å². The number of carbonyl (C=O) groups is 1. The van der Waals surface area contributed by atoms with Crippen LogP contribution in [0.15, 0.2) is 0 Å². The molecule has 0 unspecified atom stereocenters. The van der Waals surface area contributed by atoms with Gasteiger partial charge in [0.15, 0.2) is 5.60 Å². The Morgan fingerprint density at radius 2 is 2.13 bits per heavy atom. The number of hydrogen-bond donors (Lipinski definition) is 1. The van der Waals surface area contributed by atoms with Crippen LogP contribution >= 0.6 is 30.4 Å². The summed E-state index contributed by atoms with van der Waals surface area (Å²) in [5.74, 6) is -0.806. The van der Waals surface area contributed by atoms with Gasteiger partial charge in [0.05, 0.1) is 22.4 Å². The molecule has 1 N–H and O–H groups in total. The zero-order valence-electron chi connectivity index (χ0n) is 8.20. The smallest absolute Gasteiger partial charge is 0.335 e. The first-order chi connectivity index (χ1) is 7.13. The lowest BCUT2D eigenvalue weighted by atomic mass is 9.66. The maximum absolute atomic E-state index is 11.1. The number of hydrogen-bond acceptors (Lipinski definition) is 4. The van der Waals surface area contributed by atoms with E-state index in [2.05, 4.69) is 21.2 Å². The summed E-state index contributed by atoms with van der Waals surface area (Å²) in [6.45, 7) is 1.19. The molecule has 0 aromatic rings. The van der Waals surface area contributed by atoms with Gasteiger partial charge in [-0.3, -0.25) is 0 Å². The van der Waals surface area contributed by atoms with Gasteiger partial charge in [-0.05, 0) is 25.7 Å². The summed E-state index contributed by atoms with van der Waals surface area (Å²) in [4.78, 5) is 11.1. The second-order valence-corrected chi connectivity index (χ2v) is 5.85. The van der Waals surface area contributed by atoms with Crippen LogP contribution in [0.4, 0.5) is 0 Å². The van der Waals surface area contributed by atoms with Gasteiger partial charge in [0.25, 0.3) is 0 Å². The summed E-state index contributed by atoms with van der Waals surface area (Å²) in [6, 6.07) is 0. The zero-order chi connectivity index (χ0) is 10.9. The molecule has 0 aromatic heterocycles. The normalized spacial score (nSPS) is 39.3. The van der Waals surface area contributed by atoms with Crippen LogP contribution in [-0.4, -0.2) is 29.9 Å². The van der Waals surface area contributed by atoms with E-state index < -0.39 is 11.6 Å². The maximum Gasteiger partial charge on any atom is 0.335 e. The Morgan fingerprint density at radius 3 is 2.53 bits per heavy atom. The fourth-order valence-corrected chi connectivity index (χ4v) is 3.05. The van der Waals surface area contributed by atoms with Crippen molar-refractivity contribution in [2.24, 2.45) is 5.41 Å². The number of carboxylic acids is 1. The first-order valence-corrected chi connectivity index (χ1v) is 8.19. The van der Waals surface area contributed by atoms with Gasteiger partial charge in [-0.1, -0.05) is 0 Å². The summed E-state index contributed by atoms with van der Waals surface area (Å²) in [6.07, 6.45) is 3.04. The number of rotatable bonds is 4. The van der Waals surface area contributed by atoms with E-state index in [-0.39, 0.29) is 5.41 Å². The molecule has 4 nitrogen and oxygen atoms in total. The van der Waals surface area contributed by atoms with E-state index >= 15 is 0 Å². The predicted octanol–water partition coefficient (Wildman–Crippen LogP) is 2.42. The SMILES string of the molecule is O=C(O)C12CCC(COSI)(CC1)CO2. The van der Waals surface area contributed by atoms with Crippen LogP contribution in [0.1, 0.15) is 25.7 Å². The van der Waals surface area contributed by atoms with E-state index in [9.17, 15) is 4.79 Å². The molecule has 0 amide bonds. The van der Waals surface area contributed by atoms with Crippen molar-refractivity contribution in [2.45, 2.75) is 31.3 Å². The third-order valence-electron chi connectivity index (χ3n) is 3.57. The third-order valence-corrected chi connectivity index (χ3v) is 4.54. The van der Waals surface area contributed by atoms with E-state index in [0.717, 1.165) is 12.8 Å². The standard InChI is InChI=1S/C9H13IO4S/c10-15-14-6-8-1-3-9(4-2-8,7(11)12)13-5-8/h1-6H2,(H,11,12). The largest absolute Gasteiger partial charge is 0.479 e. The molecule has 0 radical (unpaired) electrons. The topological polar surface area (TPSA) is 55.8 Å². The second kappa shape index (κ2) is 4.38. The molecule has 0 spiro atoms. The molecule has 2 heterocycles. The third kappa shape index (κ3) is 2.13. The Morgan fingerprint density at radius 1 is 1.47 bits per heavy atom. The monoisotopic (exact) mass is 344 g/mol. The number of halogens is 1. The molecule has 2 bridgehead atoms. The molecular weight excluding hydrogens is 331 g/mol. The van der Waals surface area contributed by atoms with E-state index in [1.54, 1.807) is 0 Å². The van der Waals surface area contributed by atoms with Gasteiger partial charge < -0.3 is 14.0 Å².